The van der Waals surface area contributed by atoms with Crippen molar-refractivity contribution in [3.8, 4) is 0 Å². The maximum atomic E-state index is 14.2. The van der Waals surface area contributed by atoms with Crippen molar-refractivity contribution in [1.82, 2.24) is 23.1 Å². The second-order valence-electron chi connectivity index (χ2n) is 6.64. The Morgan fingerprint density at radius 2 is 2.00 bits per heavy atom. The first kappa shape index (κ1) is 18.9. The number of carboxylic acids is 1. The van der Waals surface area contributed by atoms with E-state index in [9.17, 15) is 18.8 Å². The van der Waals surface area contributed by atoms with E-state index in [1.165, 1.54) is 38.8 Å². The maximum Gasteiger partial charge on any atom is 0.332 e. The Labute approximate surface area is 166 Å². The maximum absolute atomic E-state index is 14.2. The van der Waals surface area contributed by atoms with Crippen LogP contribution in [-0.4, -0.2) is 34.2 Å². The number of benzene rings is 1. The monoisotopic (exact) mass is 419 g/mol. The van der Waals surface area contributed by atoms with E-state index < -0.39 is 23.0 Å². The Hall–Kier alpha value is -3.40. The SMILES string of the molecule is Cc1cn2c3c(=O)n(Cc4c(F)cccc4Cl)c(=O)n(C)c3nc2n1CC(=O)O. The third-order valence-electron chi connectivity index (χ3n) is 4.81. The van der Waals surface area contributed by atoms with Crippen LogP contribution in [0.25, 0.3) is 16.9 Å². The second kappa shape index (κ2) is 6.59. The number of aryl methyl sites for hydroxylation is 2. The first-order valence-corrected chi connectivity index (χ1v) is 8.91. The fraction of sp³-hybridized carbons (Fsp3) is 0.222. The van der Waals surface area contributed by atoms with Gasteiger partial charge in [-0.15, -0.1) is 0 Å². The Morgan fingerprint density at radius 1 is 1.28 bits per heavy atom. The van der Waals surface area contributed by atoms with Crippen LogP contribution in [-0.2, 0) is 24.9 Å². The summed E-state index contributed by atoms with van der Waals surface area (Å²) in [6.07, 6.45) is 1.57. The van der Waals surface area contributed by atoms with E-state index >= 15 is 0 Å². The highest BCUT2D eigenvalue weighted by Gasteiger charge is 2.22. The molecule has 0 spiro atoms. The molecule has 0 saturated carbocycles. The number of hydrogen-bond donors (Lipinski definition) is 1. The number of aromatic nitrogens is 5. The fourth-order valence-corrected chi connectivity index (χ4v) is 3.59. The topological polar surface area (TPSA) is 104 Å². The Balaban J connectivity index is 2.03. The predicted octanol–water partition coefficient (Wildman–Crippen LogP) is 1.38. The predicted molar refractivity (Wildman–Crippen MR) is 103 cm³/mol. The van der Waals surface area contributed by atoms with Crippen molar-refractivity contribution in [1.29, 1.82) is 0 Å². The van der Waals surface area contributed by atoms with Gasteiger partial charge in [0.15, 0.2) is 11.2 Å². The van der Waals surface area contributed by atoms with E-state index in [2.05, 4.69) is 4.98 Å². The van der Waals surface area contributed by atoms with Crippen LogP contribution in [0.2, 0.25) is 5.02 Å². The molecule has 0 unspecified atom stereocenters. The van der Waals surface area contributed by atoms with Crippen LogP contribution in [0.1, 0.15) is 11.3 Å². The van der Waals surface area contributed by atoms with Gasteiger partial charge in [-0.2, -0.15) is 4.98 Å². The van der Waals surface area contributed by atoms with E-state index in [1.807, 2.05) is 0 Å². The van der Waals surface area contributed by atoms with Crippen LogP contribution in [0.3, 0.4) is 0 Å². The number of carbonyl (C=O) groups is 1. The largest absolute Gasteiger partial charge is 0.480 e. The minimum absolute atomic E-state index is 0.0214. The van der Waals surface area contributed by atoms with Crippen molar-refractivity contribution < 1.29 is 14.3 Å². The van der Waals surface area contributed by atoms with Gasteiger partial charge in [-0.25, -0.2) is 9.18 Å². The van der Waals surface area contributed by atoms with Crippen molar-refractivity contribution in [2.75, 3.05) is 0 Å². The minimum Gasteiger partial charge on any atom is -0.480 e. The molecule has 0 saturated heterocycles. The lowest BCUT2D eigenvalue weighted by Gasteiger charge is -2.10. The summed E-state index contributed by atoms with van der Waals surface area (Å²) in [7, 11) is 1.43. The molecule has 0 aliphatic rings. The highest BCUT2D eigenvalue weighted by Crippen LogP contribution is 2.20. The van der Waals surface area contributed by atoms with Gasteiger partial charge in [0.2, 0.25) is 5.78 Å². The van der Waals surface area contributed by atoms with Gasteiger partial charge in [0.05, 0.1) is 6.54 Å². The van der Waals surface area contributed by atoms with Crippen LogP contribution < -0.4 is 11.2 Å². The molecule has 3 heterocycles. The molecule has 0 atom stereocenters. The molecule has 150 valence electrons. The van der Waals surface area contributed by atoms with E-state index in [1.54, 1.807) is 13.1 Å². The number of nitrogens with zero attached hydrogens (tertiary/aromatic N) is 5. The zero-order chi connectivity index (χ0) is 21.0. The van der Waals surface area contributed by atoms with Crippen LogP contribution in [0.5, 0.6) is 0 Å². The third-order valence-corrected chi connectivity index (χ3v) is 5.17. The summed E-state index contributed by atoms with van der Waals surface area (Å²) in [6, 6.07) is 4.10. The molecular formula is C18H15ClFN5O4. The summed E-state index contributed by atoms with van der Waals surface area (Å²) in [5, 5.41) is 9.23. The molecule has 1 N–H and O–H groups in total. The number of fused-ring (bicyclic) bond motifs is 3. The van der Waals surface area contributed by atoms with Crippen molar-refractivity contribution in [2.24, 2.45) is 7.05 Å². The summed E-state index contributed by atoms with van der Waals surface area (Å²) < 4.78 is 19.1. The highest BCUT2D eigenvalue weighted by molar-refractivity contribution is 6.31. The summed E-state index contributed by atoms with van der Waals surface area (Å²) in [5.41, 5.74) is -0.583. The summed E-state index contributed by atoms with van der Waals surface area (Å²) in [5.74, 6) is -1.49. The summed E-state index contributed by atoms with van der Waals surface area (Å²) in [4.78, 5) is 41.4. The van der Waals surface area contributed by atoms with E-state index in [0.717, 1.165) is 4.57 Å². The standard InChI is InChI=1S/C18H15ClFN5O4/c1-9-6-24-14-15(21-17(24)23(9)8-13(26)27)22(2)18(29)25(16(14)28)7-10-11(19)4-3-5-12(10)20/h3-6H,7-8H2,1-2H3,(H,26,27). The van der Waals surface area contributed by atoms with Gasteiger partial charge in [-0.3, -0.25) is 23.1 Å². The molecule has 4 rings (SSSR count). The molecule has 0 radical (unpaired) electrons. The van der Waals surface area contributed by atoms with E-state index in [0.29, 0.717) is 5.69 Å². The molecular weight excluding hydrogens is 405 g/mol. The van der Waals surface area contributed by atoms with Crippen LogP contribution >= 0.6 is 11.6 Å². The first-order valence-electron chi connectivity index (χ1n) is 8.53. The first-order chi connectivity index (χ1) is 13.7. The quantitative estimate of drug-likeness (QED) is 0.538. The van der Waals surface area contributed by atoms with E-state index in [-0.39, 0.29) is 40.6 Å². The lowest BCUT2D eigenvalue weighted by molar-refractivity contribution is -0.137. The normalized spacial score (nSPS) is 11.6. The molecule has 29 heavy (non-hydrogen) atoms. The zero-order valence-corrected chi connectivity index (χ0v) is 16.1. The molecule has 4 aromatic rings. The van der Waals surface area contributed by atoms with Crippen LogP contribution in [0.15, 0.2) is 34.0 Å². The van der Waals surface area contributed by atoms with Gasteiger partial charge in [-0.05, 0) is 19.1 Å². The molecule has 0 aliphatic carbocycles. The fourth-order valence-electron chi connectivity index (χ4n) is 3.37. The molecule has 0 amide bonds. The molecule has 1 aromatic carbocycles. The molecule has 0 fully saturated rings. The second-order valence-corrected chi connectivity index (χ2v) is 7.04. The van der Waals surface area contributed by atoms with Gasteiger partial charge in [0.1, 0.15) is 12.4 Å². The lowest BCUT2D eigenvalue weighted by atomic mass is 10.2. The number of carboxylic acid groups (broad SMARTS) is 1. The highest BCUT2D eigenvalue weighted by atomic mass is 35.5. The minimum atomic E-state index is -1.07. The van der Waals surface area contributed by atoms with Crippen LogP contribution in [0.4, 0.5) is 4.39 Å². The molecule has 3 aromatic heterocycles. The Bertz CT molecular complexity index is 1410. The third kappa shape index (κ3) is 2.83. The molecule has 9 nitrogen and oxygen atoms in total. The van der Waals surface area contributed by atoms with Crippen molar-refractivity contribution in [3.05, 3.63) is 67.3 Å². The number of hydrogen-bond acceptors (Lipinski definition) is 4. The van der Waals surface area contributed by atoms with Crippen molar-refractivity contribution >= 4 is 34.5 Å². The lowest BCUT2D eigenvalue weighted by Crippen LogP contribution is -2.39. The average Bonchev–Trinajstić information content (AvgIpc) is 3.15. The van der Waals surface area contributed by atoms with E-state index in [4.69, 9.17) is 16.7 Å². The van der Waals surface area contributed by atoms with Crippen molar-refractivity contribution in [2.45, 2.75) is 20.0 Å². The zero-order valence-electron chi connectivity index (χ0n) is 15.4. The molecule has 0 bridgehead atoms. The number of rotatable bonds is 4. The number of aliphatic carboxylic acids is 1. The molecule has 0 aliphatic heterocycles. The van der Waals surface area contributed by atoms with Gasteiger partial charge >= 0.3 is 11.7 Å². The van der Waals surface area contributed by atoms with Crippen molar-refractivity contribution in [3.63, 3.8) is 0 Å². The van der Waals surface area contributed by atoms with Gasteiger partial charge < -0.3 is 9.67 Å². The summed E-state index contributed by atoms with van der Waals surface area (Å²) in [6.45, 7) is 0.983. The number of halogens is 2. The Kier molecular flexibility index (Phi) is 4.30. The average molecular weight is 420 g/mol. The smallest absolute Gasteiger partial charge is 0.332 e. The number of imidazole rings is 2. The van der Waals surface area contributed by atoms with Gasteiger partial charge in [-0.1, -0.05) is 17.7 Å². The Morgan fingerprint density at radius 3 is 2.66 bits per heavy atom. The summed E-state index contributed by atoms with van der Waals surface area (Å²) >= 11 is 6.05. The van der Waals surface area contributed by atoms with Gasteiger partial charge in [0.25, 0.3) is 5.56 Å². The molecule has 11 heteroatoms. The van der Waals surface area contributed by atoms with Gasteiger partial charge in [0, 0.05) is 29.5 Å². The van der Waals surface area contributed by atoms with Crippen LogP contribution in [0, 0.1) is 12.7 Å².